The summed E-state index contributed by atoms with van der Waals surface area (Å²) in [6.45, 7) is 3.82. The van der Waals surface area contributed by atoms with Crippen molar-refractivity contribution in [2.45, 2.75) is 103 Å². The van der Waals surface area contributed by atoms with Gasteiger partial charge < -0.3 is 9.47 Å². The highest BCUT2D eigenvalue weighted by Crippen LogP contribution is 2.18. The summed E-state index contributed by atoms with van der Waals surface area (Å²) in [6.07, 6.45) is 23.9. The molecule has 1 aliphatic rings. The van der Waals surface area contributed by atoms with Gasteiger partial charge in [0.25, 0.3) is 0 Å². The summed E-state index contributed by atoms with van der Waals surface area (Å²) < 4.78 is 11.0. The zero-order valence-electron chi connectivity index (χ0n) is 18.2. The van der Waals surface area contributed by atoms with Crippen molar-refractivity contribution >= 4 is 0 Å². The van der Waals surface area contributed by atoms with E-state index >= 15 is 0 Å². The first-order chi connectivity index (χ1) is 13.9. The third-order valence-corrected chi connectivity index (χ3v) is 5.46. The van der Waals surface area contributed by atoms with Gasteiger partial charge in [-0.25, -0.2) is 0 Å². The van der Waals surface area contributed by atoms with Crippen LogP contribution in [0.3, 0.4) is 0 Å². The van der Waals surface area contributed by atoms with Crippen molar-refractivity contribution in [2.24, 2.45) is 0 Å². The Hall–Kier alpha value is -1.28. The smallest absolute Gasteiger partial charge is 0.119 e. The van der Waals surface area contributed by atoms with Crippen LogP contribution in [0, 0.1) is 0 Å². The van der Waals surface area contributed by atoms with Gasteiger partial charge in [0.2, 0.25) is 0 Å². The van der Waals surface area contributed by atoms with Gasteiger partial charge in [-0.05, 0) is 56.2 Å². The topological polar surface area (TPSA) is 21.8 Å². The van der Waals surface area contributed by atoms with Crippen LogP contribution in [0.2, 0.25) is 0 Å². The molecule has 0 aliphatic carbocycles. The fraction of sp³-hybridized carbons (Fsp3) is 0.692. The molecule has 1 unspecified atom stereocenters. The molecule has 1 saturated heterocycles. The molecule has 2 nitrogen and oxygen atoms in total. The molecule has 0 bridgehead atoms. The molecule has 1 aromatic rings. The van der Waals surface area contributed by atoms with Crippen molar-refractivity contribution < 1.29 is 9.47 Å². The molecule has 28 heavy (non-hydrogen) atoms. The number of aryl methyl sites for hydroxylation is 1. The summed E-state index contributed by atoms with van der Waals surface area (Å²) in [7, 11) is 0. The van der Waals surface area contributed by atoms with Crippen molar-refractivity contribution in [1.82, 2.24) is 0 Å². The van der Waals surface area contributed by atoms with E-state index in [0.717, 1.165) is 12.4 Å². The van der Waals surface area contributed by atoms with Crippen LogP contribution in [0.25, 0.3) is 0 Å². The Morgan fingerprint density at radius 2 is 1.54 bits per heavy atom. The highest BCUT2D eigenvalue weighted by Gasteiger charge is 2.22. The molecule has 1 aliphatic heterocycles. The Morgan fingerprint density at radius 1 is 0.893 bits per heavy atom. The molecule has 0 amide bonds. The molecule has 0 aromatic heterocycles. The predicted molar refractivity (Wildman–Crippen MR) is 120 cm³/mol. The van der Waals surface area contributed by atoms with E-state index in [4.69, 9.17) is 9.47 Å². The summed E-state index contributed by atoms with van der Waals surface area (Å²) in [5.74, 6) is 0.989. The molecule has 1 aromatic carbocycles. The fourth-order valence-electron chi connectivity index (χ4n) is 3.54. The van der Waals surface area contributed by atoms with Gasteiger partial charge >= 0.3 is 0 Å². The molecule has 1 fully saturated rings. The number of unbranched alkanes of at least 4 members (excludes halogenated alkanes) is 11. The number of epoxide rings is 1. The summed E-state index contributed by atoms with van der Waals surface area (Å²) in [5, 5.41) is 0. The summed E-state index contributed by atoms with van der Waals surface area (Å²) >= 11 is 0. The van der Waals surface area contributed by atoms with E-state index in [-0.39, 0.29) is 0 Å². The monoisotopic (exact) mass is 386 g/mol. The Kier molecular flexibility index (Phi) is 12.8. The van der Waals surface area contributed by atoms with Gasteiger partial charge in [-0.3, -0.25) is 0 Å². The lowest BCUT2D eigenvalue weighted by Crippen LogP contribution is -2.04. The standard InChI is InChI=1S/C26H42O2/c1-2-3-4-5-6-7-8-9-10-11-12-13-14-15-16-18-24-19-17-20-25(21-24)27-22-26-23-28-26/h7-8,17,19-21,26H,2-6,9-16,18,22-23H2,1H3/b8-7+. The average Bonchev–Trinajstić information content (AvgIpc) is 3.54. The van der Waals surface area contributed by atoms with E-state index in [1.54, 1.807) is 0 Å². The van der Waals surface area contributed by atoms with Gasteiger partial charge in [0, 0.05) is 0 Å². The second-order valence-corrected chi connectivity index (χ2v) is 8.25. The van der Waals surface area contributed by atoms with E-state index in [2.05, 4.69) is 37.3 Å². The van der Waals surface area contributed by atoms with E-state index in [1.165, 1.54) is 95.5 Å². The maximum absolute atomic E-state index is 5.77. The molecule has 2 rings (SSSR count). The molecule has 158 valence electrons. The van der Waals surface area contributed by atoms with Crippen LogP contribution in [0.1, 0.15) is 96.0 Å². The molecule has 0 radical (unpaired) electrons. The first kappa shape index (κ1) is 23.0. The molecular formula is C26H42O2. The molecule has 1 heterocycles. The minimum Gasteiger partial charge on any atom is -0.491 e. The number of rotatable bonds is 18. The SMILES string of the molecule is CCCCCC/C=C/CCCCCCCCCc1cccc(OCC2CO2)c1. The first-order valence-electron chi connectivity index (χ1n) is 11.9. The second-order valence-electron chi connectivity index (χ2n) is 8.25. The highest BCUT2D eigenvalue weighted by atomic mass is 16.6. The Balaban J connectivity index is 1.36. The number of hydrogen-bond donors (Lipinski definition) is 0. The Labute approximate surface area is 173 Å². The minimum atomic E-state index is 0.329. The molecule has 0 N–H and O–H groups in total. The highest BCUT2D eigenvalue weighted by molar-refractivity contribution is 5.28. The predicted octanol–water partition coefficient (Wildman–Crippen LogP) is 7.65. The van der Waals surface area contributed by atoms with Crippen molar-refractivity contribution in [3.8, 4) is 5.75 Å². The lowest BCUT2D eigenvalue weighted by molar-refractivity contribution is 0.263. The first-order valence-corrected chi connectivity index (χ1v) is 11.9. The van der Waals surface area contributed by atoms with Crippen LogP contribution < -0.4 is 4.74 Å². The number of ether oxygens (including phenoxy) is 2. The van der Waals surface area contributed by atoms with Gasteiger partial charge in [0.05, 0.1) is 6.61 Å². The van der Waals surface area contributed by atoms with E-state index in [0.29, 0.717) is 12.7 Å². The lowest BCUT2D eigenvalue weighted by Gasteiger charge is -2.07. The lowest BCUT2D eigenvalue weighted by atomic mass is 10.0. The average molecular weight is 387 g/mol. The third-order valence-electron chi connectivity index (χ3n) is 5.46. The van der Waals surface area contributed by atoms with Gasteiger partial charge in [0.1, 0.15) is 18.5 Å². The third kappa shape index (κ3) is 12.2. The number of benzene rings is 1. The number of allylic oxidation sites excluding steroid dienone is 2. The Bertz CT molecular complexity index is 519. The van der Waals surface area contributed by atoms with Gasteiger partial charge in [-0.2, -0.15) is 0 Å². The van der Waals surface area contributed by atoms with Crippen LogP contribution >= 0.6 is 0 Å². The zero-order valence-corrected chi connectivity index (χ0v) is 18.2. The van der Waals surface area contributed by atoms with E-state index < -0.39 is 0 Å². The molecule has 0 saturated carbocycles. The summed E-state index contributed by atoms with van der Waals surface area (Å²) in [6, 6.07) is 8.57. The molecule has 2 heteroatoms. The van der Waals surface area contributed by atoms with E-state index in [9.17, 15) is 0 Å². The Morgan fingerprint density at radius 3 is 2.21 bits per heavy atom. The van der Waals surface area contributed by atoms with Gasteiger partial charge in [-0.1, -0.05) is 82.6 Å². The van der Waals surface area contributed by atoms with Crippen molar-refractivity contribution in [3.05, 3.63) is 42.0 Å². The normalized spacial score (nSPS) is 16.0. The fourth-order valence-corrected chi connectivity index (χ4v) is 3.54. The minimum absolute atomic E-state index is 0.329. The van der Waals surface area contributed by atoms with Crippen LogP contribution in [-0.2, 0) is 11.2 Å². The zero-order chi connectivity index (χ0) is 19.7. The van der Waals surface area contributed by atoms with Gasteiger partial charge in [-0.15, -0.1) is 0 Å². The number of hydrogen-bond acceptors (Lipinski definition) is 2. The maximum atomic E-state index is 5.77. The van der Waals surface area contributed by atoms with Crippen molar-refractivity contribution in [2.75, 3.05) is 13.2 Å². The summed E-state index contributed by atoms with van der Waals surface area (Å²) in [5.41, 5.74) is 1.40. The molecule has 0 spiro atoms. The summed E-state index contributed by atoms with van der Waals surface area (Å²) in [4.78, 5) is 0. The molecule has 1 atom stereocenters. The van der Waals surface area contributed by atoms with Crippen LogP contribution in [-0.4, -0.2) is 19.3 Å². The van der Waals surface area contributed by atoms with Crippen molar-refractivity contribution in [3.63, 3.8) is 0 Å². The maximum Gasteiger partial charge on any atom is 0.119 e. The van der Waals surface area contributed by atoms with E-state index in [1.807, 2.05) is 6.07 Å². The van der Waals surface area contributed by atoms with Crippen molar-refractivity contribution in [1.29, 1.82) is 0 Å². The van der Waals surface area contributed by atoms with Crippen LogP contribution in [0.5, 0.6) is 5.75 Å². The largest absolute Gasteiger partial charge is 0.491 e. The van der Waals surface area contributed by atoms with Crippen LogP contribution in [0.4, 0.5) is 0 Å². The second kappa shape index (κ2) is 15.6. The molecular weight excluding hydrogens is 344 g/mol. The van der Waals surface area contributed by atoms with Crippen LogP contribution in [0.15, 0.2) is 36.4 Å². The quantitative estimate of drug-likeness (QED) is 0.147. The van der Waals surface area contributed by atoms with Gasteiger partial charge in [0.15, 0.2) is 0 Å².